The number of carbonyl (C=O) groups excluding carboxylic acids is 1. The van der Waals surface area contributed by atoms with E-state index in [2.05, 4.69) is 10.4 Å². The second kappa shape index (κ2) is 7.68. The molecule has 3 aromatic rings. The first-order chi connectivity index (χ1) is 12.0. The summed E-state index contributed by atoms with van der Waals surface area (Å²) in [6, 6.07) is 13.1. The van der Waals surface area contributed by atoms with Crippen LogP contribution in [0.1, 0.15) is 11.1 Å². The first kappa shape index (κ1) is 17.5. The van der Waals surface area contributed by atoms with Gasteiger partial charge in [0, 0.05) is 16.1 Å². The van der Waals surface area contributed by atoms with Gasteiger partial charge in [-0.1, -0.05) is 47.5 Å². The smallest absolute Gasteiger partial charge is 0.230 e. The van der Waals surface area contributed by atoms with Gasteiger partial charge >= 0.3 is 0 Å². The average molecular weight is 378 g/mol. The molecule has 0 saturated heterocycles. The second-order valence-corrected chi connectivity index (χ2v) is 6.27. The van der Waals surface area contributed by atoms with Crippen molar-refractivity contribution in [3.63, 3.8) is 0 Å². The third kappa shape index (κ3) is 4.38. The summed E-state index contributed by atoms with van der Waals surface area (Å²) < 4.78 is 15.3. The second-order valence-electron chi connectivity index (χ2n) is 5.43. The molecule has 4 nitrogen and oxygen atoms in total. The fraction of sp³-hybridized carbons (Fsp3) is 0.111. The van der Waals surface area contributed by atoms with Crippen LogP contribution >= 0.6 is 23.2 Å². The molecule has 1 aromatic heterocycles. The molecule has 1 amide bonds. The minimum Gasteiger partial charge on any atom is -0.311 e. The van der Waals surface area contributed by atoms with Crippen molar-refractivity contribution in [1.29, 1.82) is 0 Å². The molecule has 2 aromatic carbocycles. The van der Waals surface area contributed by atoms with E-state index in [9.17, 15) is 9.18 Å². The van der Waals surface area contributed by atoms with Crippen molar-refractivity contribution in [3.8, 4) is 0 Å². The quantitative estimate of drug-likeness (QED) is 0.708. The molecule has 1 heterocycles. The van der Waals surface area contributed by atoms with Crippen LogP contribution in [0.5, 0.6) is 0 Å². The fourth-order valence-corrected chi connectivity index (χ4v) is 2.85. The zero-order chi connectivity index (χ0) is 17.8. The molecule has 1 N–H and O–H groups in total. The van der Waals surface area contributed by atoms with Gasteiger partial charge in [-0.15, -0.1) is 0 Å². The van der Waals surface area contributed by atoms with E-state index < -0.39 is 5.82 Å². The van der Waals surface area contributed by atoms with E-state index in [1.54, 1.807) is 53.3 Å². The number of anilines is 1. The predicted octanol–water partition coefficient (Wildman–Crippen LogP) is 4.56. The molecule has 0 bridgehead atoms. The van der Waals surface area contributed by atoms with Gasteiger partial charge in [0.25, 0.3) is 0 Å². The molecule has 0 atom stereocenters. The summed E-state index contributed by atoms with van der Waals surface area (Å²) in [7, 11) is 0. The monoisotopic (exact) mass is 377 g/mol. The highest BCUT2D eigenvalue weighted by Crippen LogP contribution is 2.22. The van der Waals surface area contributed by atoms with Crippen LogP contribution < -0.4 is 5.32 Å². The van der Waals surface area contributed by atoms with E-state index >= 15 is 0 Å². The largest absolute Gasteiger partial charge is 0.311 e. The Morgan fingerprint density at radius 1 is 1.12 bits per heavy atom. The fourth-order valence-electron chi connectivity index (χ4n) is 2.38. The number of nitrogens with one attached hydrogen (secondary N) is 1. The van der Waals surface area contributed by atoms with Crippen LogP contribution in [-0.2, 0) is 17.8 Å². The molecule has 0 spiro atoms. The zero-order valence-electron chi connectivity index (χ0n) is 13.0. The van der Waals surface area contributed by atoms with Crippen LogP contribution in [0, 0.1) is 5.82 Å². The van der Waals surface area contributed by atoms with Gasteiger partial charge in [0.05, 0.1) is 19.2 Å². The van der Waals surface area contributed by atoms with Crippen molar-refractivity contribution in [3.05, 3.63) is 81.7 Å². The summed E-state index contributed by atoms with van der Waals surface area (Å²) in [4.78, 5) is 12.2. The summed E-state index contributed by atoms with van der Waals surface area (Å²) in [5.41, 5.74) is 1.16. The summed E-state index contributed by atoms with van der Waals surface area (Å²) in [6.07, 6.45) is 1.52. The maximum absolute atomic E-state index is 13.6. The topological polar surface area (TPSA) is 46.9 Å². The maximum atomic E-state index is 13.6. The third-order valence-electron chi connectivity index (χ3n) is 3.63. The summed E-state index contributed by atoms with van der Waals surface area (Å²) in [5.74, 6) is -0.222. The van der Waals surface area contributed by atoms with Crippen LogP contribution in [-0.4, -0.2) is 15.7 Å². The molecular weight excluding hydrogens is 364 g/mol. The minimum atomic E-state index is -0.404. The normalized spacial score (nSPS) is 10.7. The SMILES string of the molecule is O=C(Cc1ccccc1F)Nc1ccnn1Cc1ccc(Cl)cc1Cl. The lowest BCUT2D eigenvalue weighted by molar-refractivity contribution is -0.115. The first-order valence-corrected chi connectivity index (χ1v) is 8.27. The van der Waals surface area contributed by atoms with E-state index in [0.29, 0.717) is 28.0 Å². The summed E-state index contributed by atoms with van der Waals surface area (Å²) in [6.45, 7) is 0.373. The van der Waals surface area contributed by atoms with Crippen molar-refractivity contribution in [2.24, 2.45) is 0 Å². The van der Waals surface area contributed by atoms with Gasteiger partial charge in [-0.05, 0) is 29.3 Å². The summed E-state index contributed by atoms with van der Waals surface area (Å²) in [5, 5.41) is 8.00. The number of hydrogen-bond acceptors (Lipinski definition) is 2. The molecule has 7 heteroatoms. The molecule has 0 aliphatic heterocycles. The first-order valence-electron chi connectivity index (χ1n) is 7.52. The van der Waals surface area contributed by atoms with Gasteiger partial charge in [-0.3, -0.25) is 4.79 Å². The number of aromatic nitrogens is 2. The van der Waals surface area contributed by atoms with E-state index in [-0.39, 0.29) is 12.3 Å². The van der Waals surface area contributed by atoms with Gasteiger partial charge in [-0.2, -0.15) is 5.10 Å². The van der Waals surface area contributed by atoms with Gasteiger partial charge in [0.15, 0.2) is 0 Å². The molecule has 0 radical (unpaired) electrons. The van der Waals surface area contributed by atoms with Crippen molar-refractivity contribution >= 4 is 34.9 Å². The van der Waals surface area contributed by atoms with Crippen LogP contribution in [0.25, 0.3) is 0 Å². The predicted molar refractivity (Wildman–Crippen MR) is 96.5 cm³/mol. The number of hydrogen-bond donors (Lipinski definition) is 1. The Morgan fingerprint density at radius 3 is 2.68 bits per heavy atom. The van der Waals surface area contributed by atoms with Gasteiger partial charge in [0.1, 0.15) is 11.6 Å². The van der Waals surface area contributed by atoms with Gasteiger partial charge in [-0.25, -0.2) is 9.07 Å². The Bertz CT molecular complexity index is 911. The minimum absolute atomic E-state index is 0.0560. The van der Waals surface area contributed by atoms with Crippen molar-refractivity contribution in [2.75, 3.05) is 5.32 Å². The third-order valence-corrected chi connectivity index (χ3v) is 4.22. The molecule has 25 heavy (non-hydrogen) atoms. The van der Waals surface area contributed by atoms with Crippen LogP contribution in [0.3, 0.4) is 0 Å². The number of halogens is 3. The van der Waals surface area contributed by atoms with Crippen LogP contribution in [0.15, 0.2) is 54.7 Å². The Hall–Kier alpha value is -2.37. The summed E-state index contributed by atoms with van der Waals surface area (Å²) >= 11 is 12.1. The van der Waals surface area contributed by atoms with E-state index in [1.807, 2.05) is 0 Å². The Labute approximate surface area is 154 Å². The van der Waals surface area contributed by atoms with Crippen molar-refractivity contribution < 1.29 is 9.18 Å². The highest BCUT2D eigenvalue weighted by molar-refractivity contribution is 6.35. The Kier molecular flexibility index (Phi) is 5.36. The number of benzene rings is 2. The number of amides is 1. The van der Waals surface area contributed by atoms with Gasteiger partial charge in [0.2, 0.25) is 5.91 Å². The molecule has 0 aliphatic rings. The zero-order valence-corrected chi connectivity index (χ0v) is 14.6. The van der Waals surface area contributed by atoms with E-state index in [0.717, 1.165) is 5.56 Å². The molecule has 0 aliphatic carbocycles. The van der Waals surface area contributed by atoms with Crippen LogP contribution in [0.2, 0.25) is 10.0 Å². The van der Waals surface area contributed by atoms with E-state index in [1.165, 1.54) is 6.07 Å². The van der Waals surface area contributed by atoms with Crippen molar-refractivity contribution in [1.82, 2.24) is 9.78 Å². The lowest BCUT2D eigenvalue weighted by atomic mass is 10.1. The lowest BCUT2D eigenvalue weighted by Crippen LogP contribution is -2.18. The molecule has 128 valence electrons. The van der Waals surface area contributed by atoms with E-state index in [4.69, 9.17) is 23.2 Å². The lowest BCUT2D eigenvalue weighted by Gasteiger charge is -2.11. The molecule has 0 unspecified atom stereocenters. The highest BCUT2D eigenvalue weighted by atomic mass is 35.5. The van der Waals surface area contributed by atoms with Crippen molar-refractivity contribution in [2.45, 2.75) is 13.0 Å². The number of nitrogens with zero attached hydrogens (tertiary/aromatic N) is 2. The molecule has 0 saturated carbocycles. The number of carbonyl (C=O) groups is 1. The van der Waals surface area contributed by atoms with Crippen LogP contribution in [0.4, 0.5) is 10.2 Å². The van der Waals surface area contributed by atoms with Gasteiger partial charge < -0.3 is 5.32 Å². The average Bonchev–Trinajstić information content (AvgIpc) is 2.99. The molecular formula is C18H14Cl2FN3O. The Morgan fingerprint density at radius 2 is 1.92 bits per heavy atom. The highest BCUT2D eigenvalue weighted by Gasteiger charge is 2.12. The molecule has 0 fully saturated rings. The number of rotatable bonds is 5. The molecule has 3 rings (SSSR count). The Balaban J connectivity index is 1.71. The maximum Gasteiger partial charge on any atom is 0.230 e. The standard InChI is InChI=1S/C18H14Cl2FN3O/c19-14-6-5-13(15(20)10-14)11-24-17(7-8-22-24)23-18(25)9-12-3-1-2-4-16(12)21/h1-8,10H,9,11H2,(H,23,25).